The maximum absolute atomic E-state index is 5.23. The standard InChI is InChI=1S/C6H11N3OS/c1-2-7-3-4-10-6-9-8-5-11-6/h5,7H,2-4H2,1H3. The molecule has 0 saturated carbocycles. The molecule has 1 heterocycles. The van der Waals surface area contributed by atoms with Gasteiger partial charge in [0.2, 0.25) is 0 Å². The first-order valence-electron chi connectivity index (χ1n) is 3.53. The zero-order valence-electron chi connectivity index (χ0n) is 6.41. The van der Waals surface area contributed by atoms with Crippen molar-refractivity contribution in [2.24, 2.45) is 0 Å². The number of aromatic nitrogens is 2. The van der Waals surface area contributed by atoms with Crippen molar-refractivity contribution in [3.63, 3.8) is 0 Å². The smallest absolute Gasteiger partial charge is 0.293 e. The fourth-order valence-corrected chi connectivity index (χ4v) is 1.04. The summed E-state index contributed by atoms with van der Waals surface area (Å²) >= 11 is 1.41. The van der Waals surface area contributed by atoms with E-state index in [-0.39, 0.29) is 0 Å². The molecule has 1 N–H and O–H groups in total. The third-order valence-electron chi connectivity index (χ3n) is 1.09. The molecule has 0 unspecified atom stereocenters. The van der Waals surface area contributed by atoms with E-state index < -0.39 is 0 Å². The third-order valence-corrected chi connectivity index (χ3v) is 1.70. The highest BCUT2D eigenvalue weighted by atomic mass is 32.1. The van der Waals surface area contributed by atoms with Gasteiger partial charge >= 0.3 is 0 Å². The molecule has 0 aliphatic carbocycles. The van der Waals surface area contributed by atoms with Crippen molar-refractivity contribution < 1.29 is 4.74 Å². The zero-order valence-corrected chi connectivity index (χ0v) is 7.23. The lowest BCUT2D eigenvalue weighted by Gasteiger charge is -2.00. The summed E-state index contributed by atoms with van der Waals surface area (Å²) in [5, 5.41) is 11.2. The first-order valence-corrected chi connectivity index (χ1v) is 4.41. The van der Waals surface area contributed by atoms with Gasteiger partial charge in [0.05, 0.1) is 0 Å². The van der Waals surface area contributed by atoms with E-state index in [0.29, 0.717) is 11.8 Å². The Bertz CT molecular complexity index is 178. The fraction of sp³-hybridized carbons (Fsp3) is 0.667. The van der Waals surface area contributed by atoms with Crippen LogP contribution in [0.15, 0.2) is 5.51 Å². The van der Waals surface area contributed by atoms with E-state index in [0.717, 1.165) is 13.1 Å². The topological polar surface area (TPSA) is 47.0 Å². The molecule has 0 aromatic carbocycles. The maximum Gasteiger partial charge on any atom is 0.293 e. The second-order valence-electron chi connectivity index (χ2n) is 1.91. The summed E-state index contributed by atoms with van der Waals surface area (Å²) in [6.45, 7) is 4.55. The molecule has 5 heteroatoms. The van der Waals surface area contributed by atoms with Crippen molar-refractivity contribution in [1.82, 2.24) is 15.5 Å². The predicted molar refractivity (Wildman–Crippen MR) is 43.9 cm³/mol. The van der Waals surface area contributed by atoms with Crippen molar-refractivity contribution in [1.29, 1.82) is 0 Å². The first-order chi connectivity index (χ1) is 5.43. The number of hydrogen-bond donors (Lipinski definition) is 1. The van der Waals surface area contributed by atoms with E-state index >= 15 is 0 Å². The molecule has 0 saturated heterocycles. The molecule has 0 amide bonds. The van der Waals surface area contributed by atoms with Crippen LogP contribution in [0.3, 0.4) is 0 Å². The Balaban J connectivity index is 2.04. The molecule has 0 aliphatic heterocycles. The number of ether oxygens (including phenoxy) is 1. The Hall–Kier alpha value is -0.680. The van der Waals surface area contributed by atoms with Gasteiger partial charge in [-0.1, -0.05) is 18.3 Å². The van der Waals surface area contributed by atoms with Crippen LogP contribution in [0.25, 0.3) is 0 Å². The SMILES string of the molecule is CCNCCOc1nncs1. The van der Waals surface area contributed by atoms with Gasteiger partial charge in [-0.15, -0.1) is 10.2 Å². The van der Waals surface area contributed by atoms with Crippen LogP contribution in [-0.4, -0.2) is 29.9 Å². The van der Waals surface area contributed by atoms with Crippen molar-refractivity contribution in [2.75, 3.05) is 19.7 Å². The van der Waals surface area contributed by atoms with E-state index in [9.17, 15) is 0 Å². The molecule has 1 aromatic rings. The van der Waals surface area contributed by atoms with Crippen molar-refractivity contribution in [3.8, 4) is 5.19 Å². The van der Waals surface area contributed by atoms with Gasteiger partial charge in [-0.2, -0.15) is 0 Å². The number of nitrogens with zero attached hydrogens (tertiary/aromatic N) is 2. The fourth-order valence-electron chi connectivity index (χ4n) is 0.613. The van der Waals surface area contributed by atoms with Crippen LogP contribution >= 0.6 is 11.3 Å². The number of nitrogens with one attached hydrogen (secondary N) is 1. The second kappa shape index (κ2) is 5.03. The summed E-state index contributed by atoms with van der Waals surface area (Å²) in [7, 11) is 0. The van der Waals surface area contributed by atoms with E-state index in [1.165, 1.54) is 11.3 Å². The molecule has 11 heavy (non-hydrogen) atoms. The summed E-state index contributed by atoms with van der Waals surface area (Å²) in [4.78, 5) is 0. The third kappa shape index (κ3) is 3.29. The molecule has 0 bridgehead atoms. The highest BCUT2D eigenvalue weighted by Gasteiger charge is 1.94. The van der Waals surface area contributed by atoms with Gasteiger partial charge in [0, 0.05) is 6.54 Å². The van der Waals surface area contributed by atoms with Crippen LogP contribution in [0.4, 0.5) is 0 Å². The minimum Gasteiger partial charge on any atom is -0.468 e. The Morgan fingerprint density at radius 3 is 3.27 bits per heavy atom. The monoisotopic (exact) mass is 173 g/mol. The highest BCUT2D eigenvalue weighted by Crippen LogP contribution is 2.10. The molecular weight excluding hydrogens is 162 g/mol. The summed E-state index contributed by atoms with van der Waals surface area (Å²) < 4.78 is 5.23. The minimum absolute atomic E-state index is 0.642. The molecule has 1 aromatic heterocycles. The number of hydrogen-bond acceptors (Lipinski definition) is 5. The summed E-state index contributed by atoms with van der Waals surface area (Å²) in [6, 6.07) is 0. The van der Waals surface area contributed by atoms with E-state index in [1.54, 1.807) is 5.51 Å². The molecule has 4 nitrogen and oxygen atoms in total. The average Bonchev–Trinajstić information content (AvgIpc) is 2.50. The van der Waals surface area contributed by atoms with Crippen LogP contribution in [0.5, 0.6) is 5.19 Å². The molecule has 0 radical (unpaired) electrons. The molecule has 0 spiro atoms. The average molecular weight is 173 g/mol. The Kier molecular flexibility index (Phi) is 3.85. The van der Waals surface area contributed by atoms with Gasteiger partial charge in [0.15, 0.2) is 0 Å². The van der Waals surface area contributed by atoms with Gasteiger partial charge in [-0.05, 0) is 6.54 Å². The van der Waals surface area contributed by atoms with Gasteiger partial charge < -0.3 is 10.1 Å². The molecule has 1 rings (SSSR count). The molecule has 62 valence electrons. The van der Waals surface area contributed by atoms with Gasteiger partial charge in [-0.3, -0.25) is 0 Å². The quantitative estimate of drug-likeness (QED) is 0.660. The Morgan fingerprint density at radius 1 is 1.73 bits per heavy atom. The summed E-state index contributed by atoms with van der Waals surface area (Å²) in [6.07, 6.45) is 0. The lowest BCUT2D eigenvalue weighted by atomic mass is 10.6. The lowest BCUT2D eigenvalue weighted by molar-refractivity contribution is 0.311. The Labute approximate surface area is 69.6 Å². The van der Waals surface area contributed by atoms with Crippen molar-refractivity contribution >= 4 is 11.3 Å². The second-order valence-corrected chi connectivity index (χ2v) is 2.70. The van der Waals surface area contributed by atoms with Gasteiger partial charge in [-0.25, -0.2) is 0 Å². The van der Waals surface area contributed by atoms with Crippen LogP contribution in [-0.2, 0) is 0 Å². The highest BCUT2D eigenvalue weighted by molar-refractivity contribution is 7.11. The number of rotatable bonds is 5. The van der Waals surface area contributed by atoms with E-state index in [2.05, 4.69) is 22.4 Å². The van der Waals surface area contributed by atoms with Crippen LogP contribution in [0.1, 0.15) is 6.92 Å². The van der Waals surface area contributed by atoms with Crippen LogP contribution in [0, 0.1) is 0 Å². The molecule has 0 fully saturated rings. The lowest BCUT2D eigenvalue weighted by Crippen LogP contribution is -2.20. The van der Waals surface area contributed by atoms with E-state index in [4.69, 9.17) is 4.74 Å². The maximum atomic E-state index is 5.23. The Morgan fingerprint density at radius 2 is 2.64 bits per heavy atom. The van der Waals surface area contributed by atoms with Gasteiger partial charge in [0.25, 0.3) is 5.19 Å². The van der Waals surface area contributed by atoms with E-state index in [1.807, 2.05) is 0 Å². The molecular formula is C6H11N3OS. The van der Waals surface area contributed by atoms with Crippen LogP contribution in [0.2, 0.25) is 0 Å². The van der Waals surface area contributed by atoms with Crippen LogP contribution < -0.4 is 10.1 Å². The molecule has 0 atom stereocenters. The predicted octanol–water partition coefficient (Wildman–Crippen LogP) is 0.526. The summed E-state index contributed by atoms with van der Waals surface area (Å²) in [5.74, 6) is 0. The first kappa shape index (κ1) is 8.42. The van der Waals surface area contributed by atoms with Crippen molar-refractivity contribution in [3.05, 3.63) is 5.51 Å². The normalized spacial score (nSPS) is 9.91. The van der Waals surface area contributed by atoms with Gasteiger partial charge in [0.1, 0.15) is 12.1 Å². The largest absolute Gasteiger partial charge is 0.468 e. The molecule has 0 aliphatic rings. The minimum atomic E-state index is 0.642. The van der Waals surface area contributed by atoms with Crippen molar-refractivity contribution in [2.45, 2.75) is 6.92 Å². The zero-order chi connectivity index (χ0) is 7.94. The summed E-state index contributed by atoms with van der Waals surface area (Å²) in [5.41, 5.74) is 1.66. The number of likely N-dealkylation sites (N-methyl/N-ethyl adjacent to an activating group) is 1.